The van der Waals surface area contributed by atoms with E-state index in [1.54, 1.807) is 0 Å². The number of sulfonamides is 1. The van der Waals surface area contributed by atoms with Crippen LogP contribution < -0.4 is 15.2 Å². The van der Waals surface area contributed by atoms with Crippen LogP contribution in [-0.4, -0.2) is 15.5 Å². The van der Waals surface area contributed by atoms with Crippen molar-refractivity contribution in [1.29, 1.82) is 0 Å². The van der Waals surface area contributed by atoms with Crippen molar-refractivity contribution in [3.63, 3.8) is 0 Å². The summed E-state index contributed by atoms with van der Waals surface area (Å²) in [5.41, 5.74) is 6.00. The summed E-state index contributed by atoms with van der Waals surface area (Å²) in [5.74, 6) is 0.456. The van der Waals surface area contributed by atoms with Crippen LogP contribution in [0.15, 0.2) is 40.6 Å². The van der Waals surface area contributed by atoms with E-state index in [0.29, 0.717) is 11.4 Å². The summed E-state index contributed by atoms with van der Waals surface area (Å²) in [6.07, 6.45) is 0. The Kier molecular flexibility index (Phi) is 4.08. The van der Waals surface area contributed by atoms with Gasteiger partial charge in [-0.2, -0.15) is 0 Å². The minimum Gasteiger partial charge on any atom is -0.495 e. The van der Waals surface area contributed by atoms with Crippen LogP contribution in [0, 0.1) is 0 Å². The van der Waals surface area contributed by atoms with Crippen LogP contribution in [0.4, 0.5) is 5.69 Å². The van der Waals surface area contributed by atoms with Gasteiger partial charge < -0.3 is 10.5 Å². The van der Waals surface area contributed by atoms with Gasteiger partial charge in [0.1, 0.15) is 5.75 Å². The van der Waals surface area contributed by atoms with Crippen molar-refractivity contribution in [1.82, 2.24) is 4.72 Å². The molecule has 0 saturated carbocycles. The number of ether oxygens (including phenoxy) is 1. The van der Waals surface area contributed by atoms with Crippen LogP contribution in [0.2, 0.25) is 0 Å². The molecule has 0 fully saturated rings. The molecule has 0 aliphatic carbocycles. The number of nitrogens with one attached hydrogen (secondary N) is 1. The van der Waals surface area contributed by atoms with Crippen molar-refractivity contribution in [3.8, 4) is 5.75 Å². The molecule has 0 spiro atoms. The zero-order valence-electron chi connectivity index (χ0n) is 10.3. The van der Waals surface area contributed by atoms with Crippen LogP contribution in [0.1, 0.15) is 4.88 Å². The smallest absolute Gasteiger partial charge is 0.240 e. The molecule has 7 heteroatoms. The summed E-state index contributed by atoms with van der Waals surface area (Å²) in [5, 5.41) is 1.90. The molecule has 0 amide bonds. The van der Waals surface area contributed by atoms with E-state index in [0.717, 1.165) is 4.88 Å². The fourth-order valence-corrected chi connectivity index (χ4v) is 3.32. The molecule has 1 aromatic heterocycles. The quantitative estimate of drug-likeness (QED) is 0.825. The van der Waals surface area contributed by atoms with Gasteiger partial charge in [-0.3, -0.25) is 0 Å². The number of hydrogen-bond acceptors (Lipinski definition) is 5. The Hall–Kier alpha value is -1.57. The van der Waals surface area contributed by atoms with Gasteiger partial charge in [0.15, 0.2) is 0 Å². The standard InChI is InChI=1S/C12H14N2O3S2/c1-17-12-5-4-10(7-11(12)13)19(15,16)14-8-9-3-2-6-18-9/h2-7,14H,8,13H2,1H3. The lowest BCUT2D eigenvalue weighted by Gasteiger charge is -2.09. The predicted molar refractivity (Wildman–Crippen MR) is 75.8 cm³/mol. The number of nitrogens with two attached hydrogens (primary N) is 1. The van der Waals surface area contributed by atoms with Gasteiger partial charge in [0.05, 0.1) is 17.7 Å². The van der Waals surface area contributed by atoms with Gasteiger partial charge in [-0.15, -0.1) is 11.3 Å². The molecule has 5 nitrogen and oxygen atoms in total. The molecule has 1 aromatic carbocycles. The zero-order valence-corrected chi connectivity index (χ0v) is 11.9. The molecule has 2 aromatic rings. The Morgan fingerprint density at radius 3 is 2.74 bits per heavy atom. The number of hydrogen-bond donors (Lipinski definition) is 2. The van der Waals surface area contributed by atoms with E-state index in [-0.39, 0.29) is 11.4 Å². The molecule has 19 heavy (non-hydrogen) atoms. The lowest BCUT2D eigenvalue weighted by atomic mass is 10.3. The van der Waals surface area contributed by atoms with Crippen molar-refractivity contribution in [2.24, 2.45) is 0 Å². The lowest BCUT2D eigenvalue weighted by molar-refractivity contribution is 0.416. The molecule has 3 N–H and O–H groups in total. The maximum absolute atomic E-state index is 12.1. The molecule has 102 valence electrons. The Morgan fingerprint density at radius 1 is 1.37 bits per heavy atom. The van der Waals surface area contributed by atoms with Crippen molar-refractivity contribution in [2.75, 3.05) is 12.8 Å². The van der Waals surface area contributed by atoms with E-state index < -0.39 is 10.0 Å². The Morgan fingerprint density at radius 2 is 2.16 bits per heavy atom. The minimum absolute atomic E-state index is 0.127. The van der Waals surface area contributed by atoms with Gasteiger partial charge in [-0.1, -0.05) is 6.07 Å². The summed E-state index contributed by atoms with van der Waals surface area (Å²) < 4.78 is 31.7. The summed E-state index contributed by atoms with van der Waals surface area (Å²) in [6, 6.07) is 8.13. The van der Waals surface area contributed by atoms with Gasteiger partial charge in [-0.05, 0) is 29.6 Å². The first-order valence-electron chi connectivity index (χ1n) is 5.48. The van der Waals surface area contributed by atoms with E-state index in [1.165, 1.54) is 36.6 Å². The molecule has 0 aliphatic rings. The largest absolute Gasteiger partial charge is 0.495 e. The number of methoxy groups -OCH3 is 1. The van der Waals surface area contributed by atoms with E-state index in [4.69, 9.17) is 10.5 Å². The van der Waals surface area contributed by atoms with E-state index in [1.807, 2.05) is 17.5 Å². The van der Waals surface area contributed by atoms with Gasteiger partial charge >= 0.3 is 0 Å². The van der Waals surface area contributed by atoms with Crippen molar-refractivity contribution >= 4 is 27.0 Å². The maximum Gasteiger partial charge on any atom is 0.240 e. The van der Waals surface area contributed by atoms with E-state index in [9.17, 15) is 8.42 Å². The lowest BCUT2D eigenvalue weighted by Crippen LogP contribution is -2.22. The molecular weight excluding hydrogens is 284 g/mol. The fraction of sp³-hybridized carbons (Fsp3) is 0.167. The van der Waals surface area contributed by atoms with Gasteiger partial charge in [0.2, 0.25) is 10.0 Å². The highest BCUT2D eigenvalue weighted by molar-refractivity contribution is 7.89. The zero-order chi connectivity index (χ0) is 13.9. The third-order valence-corrected chi connectivity index (χ3v) is 4.80. The maximum atomic E-state index is 12.1. The van der Waals surface area contributed by atoms with Crippen molar-refractivity contribution in [2.45, 2.75) is 11.4 Å². The molecule has 0 radical (unpaired) electrons. The van der Waals surface area contributed by atoms with E-state index >= 15 is 0 Å². The molecule has 0 unspecified atom stereocenters. The SMILES string of the molecule is COc1ccc(S(=O)(=O)NCc2cccs2)cc1N. The second-order valence-corrected chi connectivity index (χ2v) is 6.61. The molecular formula is C12H14N2O3S2. The van der Waals surface area contributed by atoms with Crippen LogP contribution in [0.5, 0.6) is 5.75 Å². The van der Waals surface area contributed by atoms with Crippen molar-refractivity contribution in [3.05, 3.63) is 40.6 Å². The summed E-state index contributed by atoms with van der Waals surface area (Å²) in [4.78, 5) is 1.08. The molecule has 0 saturated heterocycles. The highest BCUT2D eigenvalue weighted by atomic mass is 32.2. The average molecular weight is 298 g/mol. The summed E-state index contributed by atoms with van der Waals surface area (Å²) in [6.45, 7) is 0.270. The highest BCUT2D eigenvalue weighted by Crippen LogP contribution is 2.24. The van der Waals surface area contributed by atoms with Gasteiger partial charge in [0, 0.05) is 11.4 Å². The molecule has 0 atom stereocenters. The van der Waals surface area contributed by atoms with Gasteiger partial charge in [-0.25, -0.2) is 13.1 Å². The molecule has 0 aliphatic heterocycles. The second-order valence-electron chi connectivity index (χ2n) is 3.81. The van der Waals surface area contributed by atoms with E-state index in [2.05, 4.69) is 4.72 Å². The second kappa shape index (κ2) is 5.60. The fourth-order valence-electron chi connectivity index (χ4n) is 1.54. The number of rotatable bonds is 5. The first-order chi connectivity index (χ1) is 9.03. The predicted octanol–water partition coefficient (Wildman–Crippen LogP) is 1.82. The van der Waals surface area contributed by atoms with Crippen LogP contribution in [-0.2, 0) is 16.6 Å². The molecule has 0 bridgehead atoms. The third-order valence-electron chi connectivity index (χ3n) is 2.53. The molecule has 2 rings (SSSR count). The Balaban J connectivity index is 2.17. The van der Waals surface area contributed by atoms with Crippen LogP contribution in [0.3, 0.4) is 0 Å². The number of nitrogen functional groups attached to an aromatic ring is 1. The topological polar surface area (TPSA) is 81.4 Å². The molecule has 1 heterocycles. The third kappa shape index (κ3) is 3.25. The number of benzene rings is 1. The Bertz CT molecular complexity index is 652. The first-order valence-corrected chi connectivity index (χ1v) is 7.85. The number of anilines is 1. The minimum atomic E-state index is -3.56. The highest BCUT2D eigenvalue weighted by Gasteiger charge is 2.15. The first kappa shape index (κ1) is 13.9. The number of thiophene rings is 1. The average Bonchev–Trinajstić information content (AvgIpc) is 2.89. The van der Waals surface area contributed by atoms with Crippen LogP contribution >= 0.6 is 11.3 Å². The summed E-state index contributed by atoms with van der Waals surface area (Å²) in [7, 11) is -2.08. The normalized spacial score (nSPS) is 11.4. The van der Waals surface area contributed by atoms with Crippen molar-refractivity contribution < 1.29 is 13.2 Å². The van der Waals surface area contributed by atoms with Crippen LogP contribution in [0.25, 0.3) is 0 Å². The van der Waals surface area contributed by atoms with Gasteiger partial charge in [0.25, 0.3) is 0 Å². The Labute approximate surface area is 116 Å². The monoisotopic (exact) mass is 298 g/mol. The summed E-state index contributed by atoms with van der Waals surface area (Å²) >= 11 is 1.50.